The van der Waals surface area contributed by atoms with E-state index in [2.05, 4.69) is 5.32 Å². The first-order valence-corrected chi connectivity index (χ1v) is 11.6. The molecular weight excluding hydrogens is 522 g/mol. The summed E-state index contributed by atoms with van der Waals surface area (Å²) >= 11 is 0. The van der Waals surface area contributed by atoms with Gasteiger partial charge in [0, 0.05) is 18.2 Å². The highest BCUT2D eigenvalue weighted by molar-refractivity contribution is 6.39. The lowest BCUT2D eigenvalue weighted by Crippen LogP contribution is -2.54. The average molecular weight is 543 g/mol. The Morgan fingerprint density at radius 1 is 0.900 bits per heavy atom. The van der Waals surface area contributed by atoms with Crippen LogP contribution in [-0.2, 0) is 14.4 Å². The van der Waals surface area contributed by atoms with Crippen molar-refractivity contribution in [2.24, 2.45) is 0 Å². The van der Waals surface area contributed by atoms with Crippen molar-refractivity contribution < 1.29 is 38.3 Å². The highest BCUT2D eigenvalue weighted by Crippen LogP contribution is 2.32. The number of hydrogen-bond acceptors (Lipinski definition) is 9. The van der Waals surface area contributed by atoms with Gasteiger partial charge in [-0.05, 0) is 47.5 Å². The number of amides is 4. The van der Waals surface area contributed by atoms with Crippen LogP contribution in [0.2, 0.25) is 0 Å². The Bertz CT molecular complexity index is 1590. The zero-order chi connectivity index (χ0) is 28.8. The van der Waals surface area contributed by atoms with Crippen molar-refractivity contribution in [1.82, 2.24) is 5.32 Å². The number of non-ortho nitro benzene ring substituents is 1. The summed E-state index contributed by atoms with van der Waals surface area (Å²) in [5, 5.41) is 13.1. The summed E-state index contributed by atoms with van der Waals surface area (Å²) in [6.45, 7) is 0. The molecule has 0 radical (unpaired) electrons. The van der Waals surface area contributed by atoms with Crippen molar-refractivity contribution >= 4 is 47.3 Å². The summed E-state index contributed by atoms with van der Waals surface area (Å²) in [5.41, 5.74) is 0.483. The van der Waals surface area contributed by atoms with Crippen molar-refractivity contribution in [3.05, 3.63) is 99.6 Å². The number of nitrogens with zero attached hydrogens (tertiary/aromatic N) is 2. The van der Waals surface area contributed by atoms with Gasteiger partial charge in [0.05, 0.1) is 24.8 Å². The fourth-order valence-electron chi connectivity index (χ4n) is 3.76. The molecule has 0 aliphatic carbocycles. The molecule has 0 atom stereocenters. The van der Waals surface area contributed by atoms with Crippen LogP contribution in [0.3, 0.4) is 0 Å². The van der Waals surface area contributed by atoms with Gasteiger partial charge in [0.25, 0.3) is 17.5 Å². The second kappa shape index (κ2) is 11.7. The van der Waals surface area contributed by atoms with Gasteiger partial charge < -0.3 is 14.2 Å². The van der Waals surface area contributed by atoms with E-state index in [9.17, 15) is 29.3 Å². The topological polar surface area (TPSA) is 154 Å². The lowest BCUT2D eigenvalue weighted by Gasteiger charge is -2.27. The number of methoxy groups -OCH3 is 2. The fraction of sp³-hybridized carbons (Fsp3) is 0.0714. The van der Waals surface area contributed by atoms with Crippen LogP contribution in [0, 0.1) is 10.1 Å². The van der Waals surface area contributed by atoms with Gasteiger partial charge in [0.2, 0.25) is 0 Å². The molecule has 40 heavy (non-hydrogen) atoms. The third-order valence-electron chi connectivity index (χ3n) is 5.63. The molecule has 12 nitrogen and oxygen atoms in total. The number of para-hydroxylation sites is 2. The Morgan fingerprint density at radius 2 is 1.65 bits per heavy atom. The molecule has 3 aromatic rings. The molecule has 1 heterocycles. The summed E-state index contributed by atoms with van der Waals surface area (Å²) < 4.78 is 15.9. The number of imide groups is 2. The van der Waals surface area contributed by atoms with Gasteiger partial charge in [-0.3, -0.25) is 25.0 Å². The number of carbonyl (C=O) groups excluding carboxylic acids is 4. The molecule has 1 N–H and O–H groups in total. The van der Waals surface area contributed by atoms with Crippen LogP contribution in [0.4, 0.5) is 16.2 Å². The van der Waals surface area contributed by atoms with E-state index < -0.39 is 28.7 Å². The number of benzene rings is 3. The molecule has 0 aromatic heterocycles. The first kappa shape index (κ1) is 27.3. The molecule has 3 aromatic carbocycles. The molecule has 202 valence electrons. The van der Waals surface area contributed by atoms with Crippen molar-refractivity contribution in [2.75, 3.05) is 19.1 Å². The van der Waals surface area contributed by atoms with Gasteiger partial charge in [-0.15, -0.1) is 0 Å². The highest BCUT2D eigenvalue weighted by atomic mass is 16.6. The maximum Gasteiger partial charge on any atom is 0.336 e. The average Bonchev–Trinajstić information content (AvgIpc) is 2.95. The van der Waals surface area contributed by atoms with Crippen LogP contribution in [0.15, 0.2) is 78.4 Å². The number of urea groups is 1. The number of anilines is 1. The third-order valence-corrected chi connectivity index (χ3v) is 5.63. The predicted octanol–water partition coefficient (Wildman–Crippen LogP) is 3.90. The van der Waals surface area contributed by atoms with E-state index in [1.807, 2.05) is 0 Å². The molecule has 1 saturated heterocycles. The summed E-state index contributed by atoms with van der Waals surface area (Å²) in [4.78, 5) is 61.8. The lowest BCUT2D eigenvalue weighted by molar-refractivity contribution is -0.384. The molecule has 0 spiro atoms. The first-order valence-electron chi connectivity index (χ1n) is 11.6. The maximum atomic E-state index is 13.2. The van der Waals surface area contributed by atoms with Gasteiger partial charge in [-0.1, -0.05) is 30.3 Å². The molecule has 12 heteroatoms. The lowest BCUT2D eigenvalue weighted by atomic mass is 10.1. The summed E-state index contributed by atoms with van der Waals surface area (Å²) in [6, 6.07) is 15.5. The first-order chi connectivity index (χ1) is 19.2. The third kappa shape index (κ3) is 5.86. The minimum absolute atomic E-state index is 0.0450. The van der Waals surface area contributed by atoms with Crippen LogP contribution in [0.5, 0.6) is 17.2 Å². The quantitative estimate of drug-likeness (QED) is 0.111. The van der Waals surface area contributed by atoms with E-state index in [4.69, 9.17) is 14.2 Å². The van der Waals surface area contributed by atoms with Crippen LogP contribution in [-0.4, -0.2) is 43.0 Å². The molecule has 1 aliphatic heterocycles. The number of rotatable bonds is 8. The monoisotopic (exact) mass is 543 g/mol. The smallest absolute Gasteiger partial charge is 0.336 e. The number of carbonyl (C=O) groups is 4. The number of ether oxygens (including phenoxy) is 3. The van der Waals surface area contributed by atoms with Crippen LogP contribution in [0.25, 0.3) is 12.2 Å². The molecule has 1 fully saturated rings. The predicted molar refractivity (Wildman–Crippen MR) is 143 cm³/mol. The Kier molecular flexibility index (Phi) is 7.99. The van der Waals surface area contributed by atoms with Gasteiger partial charge in [-0.25, -0.2) is 14.5 Å². The van der Waals surface area contributed by atoms with E-state index >= 15 is 0 Å². The molecule has 4 amide bonds. The van der Waals surface area contributed by atoms with Crippen molar-refractivity contribution in [1.29, 1.82) is 0 Å². The fourth-order valence-corrected chi connectivity index (χ4v) is 3.76. The Hall–Kier alpha value is -5.78. The number of nitrogens with one attached hydrogen (secondary N) is 1. The number of barbiturate groups is 1. The highest BCUT2D eigenvalue weighted by Gasteiger charge is 2.38. The van der Waals surface area contributed by atoms with Crippen LogP contribution < -0.4 is 24.4 Å². The second-order valence-corrected chi connectivity index (χ2v) is 8.15. The van der Waals surface area contributed by atoms with E-state index in [0.29, 0.717) is 11.1 Å². The van der Waals surface area contributed by atoms with Crippen LogP contribution in [0.1, 0.15) is 11.1 Å². The molecular formula is C28H21N3O9. The molecule has 1 aliphatic rings. The van der Waals surface area contributed by atoms with Crippen LogP contribution >= 0.6 is 0 Å². The summed E-state index contributed by atoms with van der Waals surface area (Å²) in [7, 11) is 2.72. The zero-order valence-corrected chi connectivity index (χ0v) is 21.2. The van der Waals surface area contributed by atoms with Crippen molar-refractivity contribution in [3.8, 4) is 17.2 Å². The largest absolute Gasteiger partial charge is 0.495 e. The zero-order valence-electron chi connectivity index (χ0n) is 21.2. The van der Waals surface area contributed by atoms with E-state index in [-0.39, 0.29) is 34.2 Å². The van der Waals surface area contributed by atoms with Crippen molar-refractivity contribution in [3.63, 3.8) is 0 Å². The normalized spacial score (nSPS) is 14.3. The van der Waals surface area contributed by atoms with Gasteiger partial charge >= 0.3 is 12.0 Å². The molecule has 0 unspecified atom stereocenters. The van der Waals surface area contributed by atoms with Gasteiger partial charge in [-0.2, -0.15) is 0 Å². The summed E-state index contributed by atoms with van der Waals surface area (Å²) in [5.74, 6) is -2.10. The minimum atomic E-state index is -0.922. The number of hydrogen-bond donors (Lipinski definition) is 1. The number of esters is 1. The van der Waals surface area contributed by atoms with E-state index in [0.717, 1.165) is 11.0 Å². The maximum absolute atomic E-state index is 13.2. The second-order valence-electron chi connectivity index (χ2n) is 8.15. The van der Waals surface area contributed by atoms with Gasteiger partial charge in [0.15, 0.2) is 11.5 Å². The number of nitro benzene ring substituents is 1. The number of nitro groups is 1. The van der Waals surface area contributed by atoms with Gasteiger partial charge in [0.1, 0.15) is 11.3 Å². The van der Waals surface area contributed by atoms with E-state index in [1.54, 1.807) is 24.3 Å². The standard InChI is InChI=1S/C28H21N3O9/c1-38-22-9-4-3-8-21(22)30-27(34)20(26(33)29-28(30)35)15-18-10-12-23(24(16-18)39-2)40-25(32)13-11-17-6-5-7-19(14-17)31(36)37/h3-16H,1-2H3,(H,29,33,35)/b13-11+,20-15+. The Balaban J connectivity index is 1.56. The summed E-state index contributed by atoms with van der Waals surface area (Å²) in [6.07, 6.45) is 3.73. The molecule has 0 saturated carbocycles. The minimum Gasteiger partial charge on any atom is -0.495 e. The molecule has 0 bridgehead atoms. The van der Waals surface area contributed by atoms with Crippen molar-refractivity contribution in [2.45, 2.75) is 0 Å². The molecule has 4 rings (SSSR count). The Morgan fingerprint density at radius 3 is 2.38 bits per heavy atom. The Labute approximate surface area is 227 Å². The SMILES string of the molecule is COc1cc(/C=C2\C(=O)NC(=O)N(c3ccccc3OC)C2=O)ccc1OC(=O)/C=C/c1cccc([N+](=O)[O-])c1. The van der Waals surface area contributed by atoms with E-state index in [1.165, 1.54) is 68.8 Å².